The Morgan fingerprint density at radius 2 is 1.93 bits per heavy atom. The maximum absolute atomic E-state index is 12.9. The molecular weight excluding hydrogens is 502 g/mol. The van der Waals surface area contributed by atoms with E-state index in [1.807, 2.05) is 24.4 Å². The average molecular weight is 536 g/mol. The zero-order chi connectivity index (χ0) is 27.5. The van der Waals surface area contributed by atoms with E-state index in [0.29, 0.717) is 23.7 Å². The van der Waals surface area contributed by atoms with Crippen LogP contribution in [0.1, 0.15) is 60.5 Å². The number of amides is 2. The molecule has 4 heterocycles. The number of nitrogen functional groups attached to an aromatic ring is 1. The van der Waals surface area contributed by atoms with Gasteiger partial charge in [-0.05, 0) is 62.8 Å². The number of pyridine rings is 2. The van der Waals surface area contributed by atoms with Gasteiger partial charge in [0, 0.05) is 41.5 Å². The molecule has 204 valence electrons. The third-order valence-electron chi connectivity index (χ3n) is 7.87. The van der Waals surface area contributed by atoms with Crippen molar-refractivity contribution < 1.29 is 9.59 Å². The lowest BCUT2D eigenvalue weighted by Crippen LogP contribution is -2.35. The molecule has 0 spiro atoms. The highest BCUT2D eigenvalue weighted by atomic mass is 16.2. The molecular formula is C31H33N7O2. The number of nitrogens with one attached hydrogen (secondary N) is 2. The van der Waals surface area contributed by atoms with Crippen molar-refractivity contribution >= 4 is 34.4 Å². The number of rotatable bonds is 3. The molecule has 1 aliphatic heterocycles. The van der Waals surface area contributed by atoms with Gasteiger partial charge in [-0.15, -0.1) is 0 Å². The van der Waals surface area contributed by atoms with Crippen LogP contribution in [0.4, 0.5) is 11.6 Å². The molecule has 2 amide bonds. The van der Waals surface area contributed by atoms with Crippen LogP contribution in [0.25, 0.3) is 22.2 Å². The monoisotopic (exact) mass is 535 g/mol. The van der Waals surface area contributed by atoms with Crippen LogP contribution in [0.5, 0.6) is 0 Å². The van der Waals surface area contributed by atoms with Gasteiger partial charge < -0.3 is 16.4 Å². The Morgan fingerprint density at radius 1 is 1.05 bits per heavy atom. The zero-order valence-electron chi connectivity index (χ0n) is 22.3. The van der Waals surface area contributed by atoms with Gasteiger partial charge in [-0.3, -0.25) is 14.3 Å². The largest absolute Gasteiger partial charge is 0.383 e. The van der Waals surface area contributed by atoms with Gasteiger partial charge in [-0.2, -0.15) is 5.10 Å². The van der Waals surface area contributed by atoms with Crippen molar-refractivity contribution in [2.24, 2.45) is 5.92 Å². The molecule has 4 N–H and O–H groups in total. The molecule has 0 radical (unpaired) electrons. The summed E-state index contributed by atoms with van der Waals surface area (Å²) >= 11 is 0. The van der Waals surface area contributed by atoms with Crippen molar-refractivity contribution in [1.29, 1.82) is 0 Å². The second kappa shape index (κ2) is 11.3. The van der Waals surface area contributed by atoms with Gasteiger partial charge in [0.2, 0.25) is 5.91 Å². The standard InChI is InChI=1S/C31H33N7O2/c32-29-26-27(20-12-14-21(15-13-20)31(40)36-25-11-4-6-16-33-25)37-38-24-10-7-9-22(18-24)30(39)34-17-5-2-1-3-8-23(19-35-29)28(26)38/h1,3-4,6,11-16,19,22,24H,2,5,7-10,17-18H2,(H2,32,35)(H,34,39)(H,33,36,40)/b3-1-/t22-,24-/m1/s1. The maximum atomic E-state index is 12.9. The van der Waals surface area contributed by atoms with E-state index in [4.69, 9.17) is 10.8 Å². The van der Waals surface area contributed by atoms with E-state index in [1.165, 1.54) is 0 Å². The van der Waals surface area contributed by atoms with E-state index in [9.17, 15) is 9.59 Å². The van der Waals surface area contributed by atoms with Gasteiger partial charge in [0.25, 0.3) is 5.91 Å². The Labute approximate surface area is 232 Å². The fourth-order valence-corrected chi connectivity index (χ4v) is 5.81. The number of aromatic nitrogens is 4. The highest BCUT2D eigenvalue weighted by Crippen LogP contribution is 2.40. The highest BCUT2D eigenvalue weighted by molar-refractivity contribution is 6.05. The molecule has 40 heavy (non-hydrogen) atoms. The Balaban J connectivity index is 1.40. The van der Waals surface area contributed by atoms with Crippen molar-refractivity contribution in [3.8, 4) is 11.3 Å². The lowest BCUT2D eigenvalue weighted by atomic mass is 9.85. The lowest BCUT2D eigenvalue weighted by molar-refractivity contribution is -0.126. The Bertz CT molecular complexity index is 1560. The molecule has 9 nitrogen and oxygen atoms in total. The van der Waals surface area contributed by atoms with Gasteiger partial charge in [0.15, 0.2) is 0 Å². The molecule has 4 aromatic rings. The van der Waals surface area contributed by atoms with E-state index in [-0.39, 0.29) is 23.8 Å². The fourth-order valence-electron chi connectivity index (χ4n) is 5.81. The summed E-state index contributed by atoms with van der Waals surface area (Å²) in [4.78, 5) is 34.4. The Kier molecular flexibility index (Phi) is 7.27. The first-order chi connectivity index (χ1) is 19.6. The van der Waals surface area contributed by atoms with Crippen LogP contribution in [-0.4, -0.2) is 38.1 Å². The van der Waals surface area contributed by atoms with Gasteiger partial charge in [-0.1, -0.05) is 36.8 Å². The van der Waals surface area contributed by atoms with Crippen LogP contribution in [0.3, 0.4) is 0 Å². The molecule has 0 saturated heterocycles. The van der Waals surface area contributed by atoms with Crippen molar-refractivity contribution in [3.05, 3.63) is 78.1 Å². The number of hydrogen-bond donors (Lipinski definition) is 3. The predicted molar refractivity (Wildman–Crippen MR) is 156 cm³/mol. The smallest absolute Gasteiger partial charge is 0.256 e. The molecule has 1 aliphatic carbocycles. The summed E-state index contributed by atoms with van der Waals surface area (Å²) in [6, 6.07) is 12.8. The van der Waals surface area contributed by atoms with Crippen molar-refractivity contribution in [2.75, 3.05) is 17.6 Å². The molecule has 2 bridgehead atoms. The molecule has 1 saturated carbocycles. The van der Waals surface area contributed by atoms with Crippen molar-refractivity contribution in [1.82, 2.24) is 25.1 Å². The van der Waals surface area contributed by atoms with Gasteiger partial charge in [0.1, 0.15) is 17.3 Å². The molecule has 1 fully saturated rings. The molecule has 2 atom stereocenters. The first-order valence-corrected chi connectivity index (χ1v) is 14.0. The Morgan fingerprint density at radius 3 is 2.75 bits per heavy atom. The minimum atomic E-state index is -0.236. The number of nitrogens with zero attached hydrogens (tertiary/aromatic N) is 4. The topological polar surface area (TPSA) is 128 Å². The van der Waals surface area contributed by atoms with E-state index in [0.717, 1.165) is 72.7 Å². The SMILES string of the molecule is Nc1ncc2c3c1c(-c1ccc(C(=O)Nc4ccccn4)cc1)nn3[C@@H]1CCC[C@H](C1)C(=O)NCCC/C=C\C2. The number of fused-ring (bicyclic) bond motifs is 3. The first-order valence-electron chi connectivity index (χ1n) is 14.0. The lowest BCUT2D eigenvalue weighted by Gasteiger charge is -2.29. The zero-order valence-corrected chi connectivity index (χ0v) is 22.3. The van der Waals surface area contributed by atoms with Crippen LogP contribution < -0.4 is 16.4 Å². The number of benzene rings is 1. The minimum Gasteiger partial charge on any atom is -0.383 e. The predicted octanol–water partition coefficient (Wildman–Crippen LogP) is 5.07. The van der Waals surface area contributed by atoms with Crippen LogP contribution in [0, 0.1) is 5.92 Å². The van der Waals surface area contributed by atoms with Gasteiger partial charge in [-0.25, -0.2) is 9.97 Å². The van der Waals surface area contributed by atoms with E-state index < -0.39 is 0 Å². The number of carbonyl (C=O) groups excluding carboxylic acids is 2. The molecule has 3 aromatic heterocycles. The number of allylic oxidation sites excluding steroid dienone is 2. The maximum Gasteiger partial charge on any atom is 0.256 e. The molecule has 9 heteroatoms. The van der Waals surface area contributed by atoms with Crippen LogP contribution in [-0.2, 0) is 11.2 Å². The normalized spacial score (nSPS) is 20.4. The van der Waals surface area contributed by atoms with Gasteiger partial charge >= 0.3 is 0 Å². The van der Waals surface area contributed by atoms with Crippen LogP contribution >= 0.6 is 0 Å². The third-order valence-corrected chi connectivity index (χ3v) is 7.87. The van der Waals surface area contributed by atoms with Crippen LogP contribution in [0.2, 0.25) is 0 Å². The fraction of sp³-hybridized carbons (Fsp3) is 0.323. The number of nitrogens with two attached hydrogens (primary N) is 1. The second-order valence-corrected chi connectivity index (χ2v) is 10.6. The van der Waals surface area contributed by atoms with E-state index in [2.05, 4.69) is 37.4 Å². The quantitative estimate of drug-likeness (QED) is 0.314. The summed E-state index contributed by atoms with van der Waals surface area (Å²) in [7, 11) is 0. The van der Waals surface area contributed by atoms with E-state index in [1.54, 1.807) is 30.5 Å². The summed E-state index contributed by atoms with van der Waals surface area (Å²) in [6.45, 7) is 0.699. The third kappa shape index (κ3) is 5.19. The van der Waals surface area contributed by atoms with Crippen molar-refractivity contribution in [2.45, 2.75) is 51.0 Å². The molecule has 0 unspecified atom stereocenters. The minimum absolute atomic E-state index is 0.0283. The molecule has 6 rings (SSSR count). The highest BCUT2D eigenvalue weighted by Gasteiger charge is 2.31. The Hall–Kier alpha value is -4.53. The number of anilines is 2. The molecule has 1 aromatic carbocycles. The summed E-state index contributed by atoms with van der Waals surface area (Å²) in [5.74, 6) is 0.798. The van der Waals surface area contributed by atoms with Crippen LogP contribution in [0.15, 0.2) is 67.0 Å². The van der Waals surface area contributed by atoms with Crippen molar-refractivity contribution in [3.63, 3.8) is 0 Å². The summed E-state index contributed by atoms with van der Waals surface area (Å²) < 4.78 is 2.10. The molecule has 2 aliphatic rings. The summed E-state index contributed by atoms with van der Waals surface area (Å²) in [6.07, 6.45) is 13.9. The number of hydrogen-bond acceptors (Lipinski definition) is 6. The summed E-state index contributed by atoms with van der Waals surface area (Å²) in [5, 5.41) is 11.9. The van der Waals surface area contributed by atoms with Gasteiger partial charge in [0.05, 0.1) is 16.9 Å². The second-order valence-electron chi connectivity index (χ2n) is 10.6. The first kappa shape index (κ1) is 25.7. The summed E-state index contributed by atoms with van der Waals surface area (Å²) in [5.41, 5.74) is 10.7. The number of carbonyl (C=O) groups is 2. The average Bonchev–Trinajstić information content (AvgIpc) is 3.40. The van der Waals surface area contributed by atoms with E-state index >= 15 is 0 Å².